The molecule has 5 nitrogen and oxygen atoms in total. The Balaban J connectivity index is 2.06. The minimum atomic E-state index is -1.03. The van der Waals surface area contributed by atoms with Crippen molar-refractivity contribution in [1.82, 2.24) is 5.32 Å². The van der Waals surface area contributed by atoms with Crippen LogP contribution >= 0.6 is 11.8 Å². The minimum Gasteiger partial charge on any atom is -0.466 e. The largest absolute Gasteiger partial charge is 0.466 e. The van der Waals surface area contributed by atoms with Gasteiger partial charge in [0, 0.05) is 18.2 Å². The summed E-state index contributed by atoms with van der Waals surface area (Å²) in [5.74, 6) is 1.84. The van der Waals surface area contributed by atoms with Gasteiger partial charge in [-0.1, -0.05) is 57.0 Å². The highest BCUT2D eigenvalue weighted by molar-refractivity contribution is 8.00. The summed E-state index contributed by atoms with van der Waals surface area (Å²) in [4.78, 5) is 27.0. The normalized spacial score (nSPS) is 18.3. The Kier molecular flexibility index (Phi) is 9.39. The van der Waals surface area contributed by atoms with Crippen molar-refractivity contribution in [2.24, 2.45) is 5.92 Å². The van der Waals surface area contributed by atoms with E-state index < -0.39 is 5.41 Å². The van der Waals surface area contributed by atoms with Crippen molar-refractivity contribution in [2.45, 2.75) is 57.2 Å². The number of hydrogen-bond donors (Lipinski definition) is 1. The van der Waals surface area contributed by atoms with Crippen molar-refractivity contribution in [1.29, 1.82) is 0 Å². The summed E-state index contributed by atoms with van der Waals surface area (Å²) in [5, 5.41) is 3.29. The molecule has 0 amide bonds. The first-order valence-corrected chi connectivity index (χ1v) is 12.9. The van der Waals surface area contributed by atoms with Gasteiger partial charge in [0.1, 0.15) is 17.3 Å². The lowest BCUT2D eigenvalue weighted by Crippen LogP contribution is -2.53. The molecule has 0 bridgehead atoms. The molecule has 1 saturated heterocycles. The second-order valence-corrected chi connectivity index (χ2v) is 9.72. The molecule has 1 aliphatic rings. The molecule has 1 aliphatic heterocycles. The van der Waals surface area contributed by atoms with E-state index in [9.17, 15) is 9.59 Å². The Morgan fingerprint density at radius 3 is 2.55 bits per heavy atom. The summed E-state index contributed by atoms with van der Waals surface area (Å²) < 4.78 is 11.4. The first-order chi connectivity index (χ1) is 16.0. The van der Waals surface area contributed by atoms with Crippen molar-refractivity contribution in [3.8, 4) is 11.5 Å². The maximum atomic E-state index is 14.2. The van der Waals surface area contributed by atoms with E-state index in [2.05, 4.69) is 12.2 Å². The van der Waals surface area contributed by atoms with Crippen LogP contribution in [0.1, 0.15) is 52.0 Å². The third-order valence-corrected chi connectivity index (χ3v) is 7.44. The van der Waals surface area contributed by atoms with Crippen LogP contribution in [0.15, 0.2) is 54.6 Å². The van der Waals surface area contributed by atoms with Crippen LogP contribution in [-0.2, 0) is 19.7 Å². The number of ketones is 1. The molecule has 1 N–H and O–H groups in total. The van der Waals surface area contributed by atoms with Gasteiger partial charge < -0.3 is 14.8 Å². The van der Waals surface area contributed by atoms with Gasteiger partial charge in [-0.05, 0) is 43.2 Å². The standard InChI is InChI=1S/C27H35NO4S/c1-4-6-11-20(3)25(30)27(19-24(29)31-5-2,26-28-16-17-33-26)21-12-10-15-23(18-21)32-22-13-8-7-9-14-22/h7-10,12-15,18,20,26,28H,4-6,11,16-17,19H2,1-3H3. The van der Waals surface area contributed by atoms with E-state index in [1.54, 1.807) is 18.7 Å². The summed E-state index contributed by atoms with van der Waals surface area (Å²) in [6.45, 7) is 7.00. The molecule has 33 heavy (non-hydrogen) atoms. The molecule has 0 aliphatic carbocycles. The number of para-hydroxylation sites is 1. The smallest absolute Gasteiger partial charge is 0.307 e. The van der Waals surface area contributed by atoms with E-state index in [4.69, 9.17) is 9.47 Å². The lowest BCUT2D eigenvalue weighted by Gasteiger charge is -2.39. The highest BCUT2D eigenvalue weighted by Gasteiger charge is 2.51. The second kappa shape index (κ2) is 12.2. The number of rotatable bonds is 12. The number of carbonyl (C=O) groups excluding carboxylic acids is 2. The molecule has 2 aromatic rings. The van der Waals surface area contributed by atoms with Crippen molar-refractivity contribution in [3.63, 3.8) is 0 Å². The predicted octanol–water partition coefficient (Wildman–Crippen LogP) is 5.73. The van der Waals surface area contributed by atoms with Crippen LogP contribution in [0.25, 0.3) is 0 Å². The van der Waals surface area contributed by atoms with Crippen LogP contribution in [0, 0.1) is 5.92 Å². The summed E-state index contributed by atoms with van der Waals surface area (Å²) in [5.41, 5.74) is -0.236. The Morgan fingerprint density at radius 2 is 1.88 bits per heavy atom. The lowest BCUT2D eigenvalue weighted by molar-refractivity contribution is -0.148. The van der Waals surface area contributed by atoms with Gasteiger partial charge >= 0.3 is 5.97 Å². The summed E-state index contributed by atoms with van der Waals surface area (Å²) in [6, 6.07) is 17.2. The van der Waals surface area contributed by atoms with Crippen LogP contribution in [0.5, 0.6) is 11.5 Å². The van der Waals surface area contributed by atoms with Gasteiger partial charge in [0.25, 0.3) is 0 Å². The number of esters is 1. The minimum absolute atomic E-state index is 0.00952. The highest BCUT2D eigenvalue weighted by Crippen LogP contribution is 2.44. The van der Waals surface area contributed by atoms with Crippen LogP contribution in [-0.4, -0.2) is 36.0 Å². The SMILES string of the molecule is CCCCC(C)C(=O)C(CC(=O)OCC)(c1cccc(Oc2ccccc2)c1)C1NCCS1. The molecule has 0 saturated carbocycles. The van der Waals surface area contributed by atoms with E-state index in [1.807, 2.05) is 61.5 Å². The fourth-order valence-corrected chi connectivity index (χ4v) is 5.76. The second-order valence-electron chi connectivity index (χ2n) is 8.51. The van der Waals surface area contributed by atoms with Gasteiger partial charge in [-0.2, -0.15) is 0 Å². The van der Waals surface area contributed by atoms with Gasteiger partial charge in [0.15, 0.2) is 0 Å². The molecule has 6 heteroatoms. The molecule has 0 aromatic heterocycles. The molecule has 1 fully saturated rings. The Hall–Kier alpha value is -2.31. The van der Waals surface area contributed by atoms with Crippen LogP contribution < -0.4 is 10.1 Å². The summed E-state index contributed by atoms with van der Waals surface area (Å²) >= 11 is 1.70. The summed E-state index contributed by atoms with van der Waals surface area (Å²) in [7, 11) is 0. The molecule has 0 radical (unpaired) electrons. The van der Waals surface area contributed by atoms with Gasteiger partial charge in [0.05, 0.1) is 23.8 Å². The predicted molar refractivity (Wildman–Crippen MR) is 134 cm³/mol. The van der Waals surface area contributed by atoms with Crippen molar-refractivity contribution < 1.29 is 19.1 Å². The van der Waals surface area contributed by atoms with Gasteiger partial charge in [-0.3, -0.25) is 9.59 Å². The number of benzene rings is 2. The monoisotopic (exact) mass is 469 g/mol. The zero-order chi connectivity index (χ0) is 23.7. The van der Waals surface area contributed by atoms with Crippen molar-refractivity contribution in [2.75, 3.05) is 18.9 Å². The molecule has 3 unspecified atom stereocenters. The zero-order valence-corrected chi connectivity index (χ0v) is 20.7. The number of nitrogens with one attached hydrogen (secondary N) is 1. The van der Waals surface area contributed by atoms with E-state index in [0.29, 0.717) is 5.75 Å². The molecule has 1 heterocycles. The molecular formula is C27H35NO4S. The fraction of sp³-hybridized carbons (Fsp3) is 0.481. The molecular weight excluding hydrogens is 434 g/mol. The molecule has 3 atom stereocenters. The Morgan fingerprint density at radius 1 is 1.12 bits per heavy atom. The lowest BCUT2D eigenvalue weighted by atomic mass is 9.69. The molecule has 3 rings (SSSR count). The number of unbranched alkanes of at least 4 members (excludes halogenated alkanes) is 1. The average molecular weight is 470 g/mol. The average Bonchev–Trinajstić information content (AvgIpc) is 3.37. The number of ether oxygens (including phenoxy) is 2. The quantitative estimate of drug-likeness (QED) is 0.401. The number of hydrogen-bond acceptors (Lipinski definition) is 6. The van der Waals surface area contributed by atoms with Crippen LogP contribution in [0.4, 0.5) is 0 Å². The molecule has 0 spiro atoms. The Bertz CT molecular complexity index is 913. The first-order valence-electron chi connectivity index (χ1n) is 11.9. The third kappa shape index (κ3) is 6.18. The van der Waals surface area contributed by atoms with E-state index in [-0.39, 0.29) is 36.1 Å². The van der Waals surface area contributed by atoms with Crippen molar-refractivity contribution in [3.05, 3.63) is 60.2 Å². The topological polar surface area (TPSA) is 64.6 Å². The van der Waals surface area contributed by atoms with Gasteiger partial charge in [0.2, 0.25) is 0 Å². The van der Waals surface area contributed by atoms with E-state index >= 15 is 0 Å². The molecule has 2 aromatic carbocycles. The van der Waals surface area contributed by atoms with Crippen LogP contribution in [0.2, 0.25) is 0 Å². The number of Topliss-reactive ketones (excluding diaryl/α,β-unsaturated/α-hetero) is 1. The molecule has 178 valence electrons. The van der Waals surface area contributed by atoms with Gasteiger partial charge in [-0.15, -0.1) is 11.8 Å². The maximum absolute atomic E-state index is 14.2. The number of carbonyl (C=O) groups is 2. The maximum Gasteiger partial charge on any atom is 0.307 e. The van der Waals surface area contributed by atoms with Crippen LogP contribution in [0.3, 0.4) is 0 Å². The van der Waals surface area contributed by atoms with E-state index in [0.717, 1.165) is 42.9 Å². The van der Waals surface area contributed by atoms with E-state index in [1.165, 1.54) is 0 Å². The first kappa shape index (κ1) is 25.3. The third-order valence-electron chi connectivity index (χ3n) is 6.10. The fourth-order valence-electron chi connectivity index (χ4n) is 4.43. The number of thioether (sulfide) groups is 1. The Labute approximate surface area is 201 Å². The summed E-state index contributed by atoms with van der Waals surface area (Å²) in [6.07, 6.45) is 2.82. The van der Waals surface area contributed by atoms with Crippen molar-refractivity contribution >= 4 is 23.5 Å². The highest BCUT2D eigenvalue weighted by atomic mass is 32.2. The van der Waals surface area contributed by atoms with Gasteiger partial charge in [-0.25, -0.2) is 0 Å². The zero-order valence-electron chi connectivity index (χ0n) is 19.8.